The fourth-order valence-electron chi connectivity index (χ4n) is 2.23. The molecule has 0 amide bonds. The molecule has 1 aliphatic rings. The van der Waals surface area contributed by atoms with E-state index in [1.54, 1.807) is 13.8 Å². The van der Waals surface area contributed by atoms with E-state index in [1.807, 2.05) is 6.92 Å². The Balaban J connectivity index is 3.15. The minimum absolute atomic E-state index is 0.102. The maximum Gasteiger partial charge on any atom is 0.336 e. The van der Waals surface area contributed by atoms with Crippen molar-refractivity contribution in [3.8, 4) is 0 Å². The van der Waals surface area contributed by atoms with Crippen molar-refractivity contribution in [3.63, 3.8) is 0 Å². The number of carbonyl (C=O) groups is 1. The number of carboxylic acids is 1. The Bertz CT molecular complexity index is 261. The summed E-state index contributed by atoms with van der Waals surface area (Å²) in [5.41, 5.74) is -3.06. The van der Waals surface area contributed by atoms with Gasteiger partial charge in [-0.05, 0) is 18.3 Å². The molecule has 4 heteroatoms. The molecular weight excluding hydrogens is 184 g/mol. The first-order chi connectivity index (χ1) is 6.21. The van der Waals surface area contributed by atoms with Gasteiger partial charge in [0.25, 0.3) is 0 Å². The first-order valence-electron chi connectivity index (χ1n) is 4.78. The number of aliphatic hydroxyl groups excluding tert-OH is 1. The second-order valence-electron chi connectivity index (χ2n) is 5.01. The monoisotopic (exact) mass is 202 g/mol. The first-order valence-corrected chi connectivity index (χ1v) is 4.78. The van der Waals surface area contributed by atoms with E-state index in [1.165, 1.54) is 0 Å². The summed E-state index contributed by atoms with van der Waals surface area (Å²) in [6.45, 7) is 5.11. The van der Waals surface area contributed by atoms with E-state index in [-0.39, 0.29) is 13.0 Å². The zero-order valence-corrected chi connectivity index (χ0v) is 8.87. The Morgan fingerprint density at radius 1 is 1.29 bits per heavy atom. The summed E-state index contributed by atoms with van der Waals surface area (Å²) in [6, 6.07) is 0. The number of hydrogen-bond acceptors (Lipinski definition) is 3. The van der Waals surface area contributed by atoms with Gasteiger partial charge in [-0.25, -0.2) is 4.79 Å². The van der Waals surface area contributed by atoms with Gasteiger partial charge in [0.1, 0.15) is 0 Å². The van der Waals surface area contributed by atoms with Crippen LogP contribution >= 0.6 is 0 Å². The molecular formula is C10H18O4. The highest BCUT2D eigenvalue weighted by Crippen LogP contribution is 2.57. The Kier molecular flexibility index (Phi) is 2.41. The Morgan fingerprint density at radius 2 is 1.79 bits per heavy atom. The summed E-state index contributed by atoms with van der Waals surface area (Å²) < 4.78 is 0. The van der Waals surface area contributed by atoms with Crippen molar-refractivity contribution in [1.29, 1.82) is 0 Å². The fraction of sp³-hybridized carbons (Fsp3) is 0.900. The SMILES string of the molecule is CC1(C)[C@](C)(CO)CC[C@@]1(O)C(=O)O. The molecule has 1 fully saturated rings. The minimum Gasteiger partial charge on any atom is -0.479 e. The molecule has 1 saturated carbocycles. The summed E-state index contributed by atoms with van der Waals surface area (Å²) in [7, 11) is 0. The van der Waals surface area contributed by atoms with Crippen LogP contribution in [0.2, 0.25) is 0 Å². The molecule has 0 heterocycles. The molecule has 2 atom stereocenters. The minimum atomic E-state index is -1.72. The number of carboxylic acid groups (broad SMARTS) is 1. The van der Waals surface area contributed by atoms with Crippen LogP contribution < -0.4 is 0 Å². The molecule has 4 nitrogen and oxygen atoms in total. The lowest BCUT2D eigenvalue weighted by molar-refractivity contribution is -0.175. The number of rotatable bonds is 2. The second kappa shape index (κ2) is 2.94. The van der Waals surface area contributed by atoms with Gasteiger partial charge < -0.3 is 15.3 Å². The molecule has 0 saturated heterocycles. The van der Waals surface area contributed by atoms with E-state index < -0.39 is 22.4 Å². The first kappa shape index (κ1) is 11.5. The van der Waals surface area contributed by atoms with Crippen LogP contribution in [0, 0.1) is 10.8 Å². The van der Waals surface area contributed by atoms with E-state index in [9.17, 15) is 15.0 Å². The zero-order valence-electron chi connectivity index (χ0n) is 8.87. The molecule has 82 valence electrons. The smallest absolute Gasteiger partial charge is 0.336 e. The lowest BCUT2D eigenvalue weighted by Crippen LogP contribution is -2.53. The average Bonchev–Trinajstić information content (AvgIpc) is 2.28. The van der Waals surface area contributed by atoms with E-state index >= 15 is 0 Å². The van der Waals surface area contributed by atoms with Crippen molar-refractivity contribution in [3.05, 3.63) is 0 Å². The molecule has 0 aromatic rings. The maximum atomic E-state index is 11.0. The molecule has 0 aliphatic heterocycles. The third-order valence-corrected chi connectivity index (χ3v) is 4.28. The highest BCUT2D eigenvalue weighted by atomic mass is 16.4. The van der Waals surface area contributed by atoms with Crippen LogP contribution in [-0.4, -0.2) is 33.5 Å². The third kappa shape index (κ3) is 1.10. The van der Waals surface area contributed by atoms with Crippen molar-refractivity contribution in [2.45, 2.75) is 39.2 Å². The van der Waals surface area contributed by atoms with Crippen LogP contribution in [0.1, 0.15) is 33.6 Å². The predicted octanol–water partition coefficient (Wildman–Crippen LogP) is 0.621. The van der Waals surface area contributed by atoms with Crippen molar-refractivity contribution in [1.82, 2.24) is 0 Å². The van der Waals surface area contributed by atoms with E-state index in [0.29, 0.717) is 6.42 Å². The van der Waals surface area contributed by atoms with Crippen LogP contribution in [0.5, 0.6) is 0 Å². The predicted molar refractivity (Wildman–Crippen MR) is 50.8 cm³/mol. The molecule has 14 heavy (non-hydrogen) atoms. The van der Waals surface area contributed by atoms with Gasteiger partial charge in [-0.15, -0.1) is 0 Å². The Labute approximate surface area is 83.6 Å². The topological polar surface area (TPSA) is 77.8 Å². The fourth-order valence-corrected chi connectivity index (χ4v) is 2.23. The molecule has 3 N–H and O–H groups in total. The Hall–Kier alpha value is -0.610. The van der Waals surface area contributed by atoms with Gasteiger partial charge >= 0.3 is 5.97 Å². The number of aliphatic carboxylic acids is 1. The van der Waals surface area contributed by atoms with Crippen LogP contribution in [0.3, 0.4) is 0 Å². The van der Waals surface area contributed by atoms with Crippen molar-refractivity contribution < 1.29 is 20.1 Å². The normalized spacial score (nSPS) is 41.2. The standard InChI is InChI=1S/C10H18O4/c1-8(2)9(3,6-11)4-5-10(8,14)7(12)13/h11,14H,4-6H2,1-3H3,(H,12,13)/t9-,10+/m0/s1. The molecule has 0 radical (unpaired) electrons. The molecule has 0 aromatic carbocycles. The van der Waals surface area contributed by atoms with Gasteiger partial charge in [-0.2, -0.15) is 0 Å². The van der Waals surface area contributed by atoms with Crippen molar-refractivity contribution in [2.24, 2.45) is 10.8 Å². The average molecular weight is 202 g/mol. The lowest BCUT2D eigenvalue weighted by Gasteiger charge is -2.42. The van der Waals surface area contributed by atoms with Gasteiger partial charge in [-0.1, -0.05) is 20.8 Å². The number of aliphatic hydroxyl groups is 2. The third-order valence-electron chi connectivity index (χ3n) is 4.28. The van der Waals surface area contributed by atoms with Gasteiger partial charge in [-0.3, -0.25) is 0 Å². The van der Waals surface area contributed by atoms with E-state index in [2.05, 4.69) is 0 Å². The zero-order chi connectivity index (χ0) is 11.2. The summed E-state index contributed by atoms with van der Waals surface area (Å²) in [5.74, 6) is -1.19. The van der Waals surface area contributed by atoms with Crippen molar-refractivity contribution >= 4 is 5.97 Å². The summed E-state index contributed by atoms with van der Waals surface area (Å²) in [5, 5.41) is 28.3. The van der Waals surface area contributed by atoms with Gasteiger partial charge in [0, 0.05) is 12.0 Å². The Morgan fingerprint density at radius 3 is 2.00 bits per heavy atom. The van der Waals surface area contributed by atoms with Gasteiger partial charge in [0.15, 0.2) is 5.60 Å². The lowest BCUT2D eigenvalue weighted by atomic mass is 9.64. The quantitative estimate of drug-likeness (QED) is 0.613. The summed E-state index contributed by atoms with van der Waals surface area (Å²) >= 11 is 0. The van der Waals surface area contributed by atoms with E-state index in [4.69, 9.17) is 5.11 Å². The molecule has 0 unspecified atom stereocenters. The molecule has 0 bridgehead atoms. The molecule has 1 aliphatic carbocycles. The molecule has 1 rings (SSSR count). The molecule has 0 spiro atoms. The van der Waals surface area contributed by atoms with Gasteiger partial charge in [0.05, 0.1) is 0 Å². The van der Waals surface area contributed by atoms with Crippen LogP contribution in [-0.2, 0) is 4.79 Å². The van der Waals surface area contributed by atoms with Crippen LogP contribution in [0.25, 0.3) is 0 Å². The number of hydrogen-bond donors (Lipinski definition) is 3. The summed E-state index contributed by atoms with van der Waals surface area (Å²) in [4.78, 5) is 11.0. The van der Waals surface area contributed by atoms with Crippen molar-refractivity contribution in [2.75, 3.05) is 6.61 Å². The maximum absolute atomic E-state index is 11.0. The summed E-state index contributed by atoms with van der Waals surface area (Å²) in [6.07, 6.45) is 0.728. The highest BCUT2D eigenvalue weighted by molar-refractivity contribution is 5.79. The highest BCUT2D eigenvalue weighted by Gasteiger charge is 2.63. The largest absolute Gasteiger partial charge is 0.479 e. The van der Waals surface area contributed by atoms with Crippen LogP contribution in [0.4, 0.5) is 0 Å². The van der Waals surface area contributed by atoms with Crippen LogP contribution in [0.15, 0.2) is 0 Å². The second-order valence-corrected chi connectivity index (χ2v) is 5.01. The molecule has 0 aromatic heterocycles. The van der Waals surface area contributed by atoms with Gasteiger partial charge in [0.2, 0.25) is 0 Å². The van der Waals surface area contributed by atoms with E-state index in [0.717, 1.165) is 0 Å².